The first kappa shape index (κ1) is 16.2. The first-order chi connectivity index (χ1) is 11.6. The molecule has 124 valence electrons. The second-order valence-corrected chi connectivity index (χ2v) is 6.19. The normalized spacial score (nSPS) is 15.2. The molecule has 0 aromatic carbocycles. The van der Waals surface area contributed by atoms with Crippen molar-refractivity contribution in [1.29, 1.82) is 5.26 Å². The van der Waals surface area contributed by atoms with E-state index in [4.69, 9.17) is 4.74 Å². The molecule has 2 aromatic heterocycles. The van der Waals surface area contributed by atoms with Gasteiger partial charge in [0, 0.05) is 37.8 Å². The second kappa shape index (κ2) is 6.83. The molecule has 6 heteroatoms. The van der Waals surface area contributed by atoms with Gasteiger partial charge in [0.15, 0.2) is 0 Å². The monoisotopic (exact) mass is 323 g/mol. The third kappa shape index (κ3) is 3.46. The lowest BCUT2D eigenvalue weighted by Crippen LogP contribution is -2.39. The van der Waals surface area contributed by atoms with E-state index in [2.05, 4.69) is 25.9 Å². The van der Waals surface area contributed by atoms with Gasteiger partial charge in [-0.25, -0.2) is 9.97 Å². The molecule has 0 unspecified atom stereocenters. The maximum Gasteiger partial charge on any atom is 0.232 e. The average Bonchev–Trinajstić information content (AvgIpc) is 2.55. The van der Waals surface area contributed by atoms with Crippen LogP contribution in [0.15, 0.2) is 18.5 Å². The molecule has 1 saturated heterocycles. The fraction of sp³-hybridized carbons (Fsp3) is 0.444. The Morgan fingerprint density at radius 1 is 1.12 bits per heavy atom. The summed E-state index contributed by atoms with van der Waals surface area (Å²) in [6, 6.07) is 4.24. The summed E-state index contributed by atoms with van der Waals surface area (Å²) >= 11 is 0. The molecule has 1 aliphatic rings. The Bertz CT molecular complexity index is 775. The lowest BCUT2D eigenvalue weighted by Gasteiger charge is -2.33. The number of ether oxygens (including phenoxy) is 1. The maximum atomic E-state index is 9.44. The van der Waals surface area contributed by atoms with Crippen molar-refractivity contribution in [2.75, 3.05) is 18.0 Å². The Hall–Kier alpha value is -2.68. The molecule has 24 heavy (non-hydrogen) atoms. The highest BCUT2D eigenvalue weighted by Crippen LogP contribution is 2.26. The Morgan fingerprint density at radius 3 is 2.54 bits per heavy atom. The van der Waals surface area contributed by atoms with Gasteiger partial charge < -0.3 is 9.64 Å². The van der Waals surface area contributed by atoms with Crippen LogP contribution in [0, 0.1) is 32.1 Å². The molecular formula is C18H21N5O. The van der Waals surface area contributed by atoms with Crippen LogP contribution >= 0.6 is 0 Å². The van der Waals surface area contributed by atoms with Gasteiger partial charge in [-0.1, -0.05) is 0 Å². The molecule has 0 saturated carbocycles. The highest BCUT2D eigenvalue weighted by Gasteiger charge is 2.24. The number of hydrogen-bond acceptors (Lipinski definition) is 6. The van der Waals surface area contributed by atoms with E-state index in [9.17, 15) is 5.26 Å². The van der Waals surface area contributed by atoms with E-state index < -0.39 is 0 Å². The summed E-state index contributed by atoms with van der Waals surface area (Å²) < 4.78 is 5.94. The first-order valence-corrected chi connectivity index (χ1v) is 8.15. The fourth-order valence-electron chi connectivity index (χ4n) is 3.04. The zero-order chi connectivity index (χ0) is 17.1. The number of hydrogen-bond donors (Lipinski definition) is 0. The summed E-state index contributed by atoms with van der Waals surface area (Å²) in [7, 11) is 0. The number of aryl methyl sites for hydroxylation is 3. The van der Waals surface area contributed by atoms with Crippen LogP contribution in [0.2, 0.25) is 0 Å². The molecule has 1 fully saturated rings. The van der Waals surface area contributed by atoms with E-state index in [1.54, 1.807) is 12.4 Å². The van der Waals surface area contributed by atoms with Crippen LogP contribution in [-0.4, -0.2) is 34.1 Å². The molecule has 0 spiro atoms. The average molecular weight is 323 g/mol. The number of rotatable bonds is 3. The SMILES string of the molecule is Cc1cncc(OC2CCN(c3nc(C)cc(C)c3C#N)CC2)n1. The predicted molar refractivity (Wildman–Crippen MR) is 91.1 cm³/mol. The molecular weight excluding hydrogens is 302 g/mol. The largest absolute Gasteiger partial charge is 0.473 e. The summed E-state index contributed by atoms with van der Waals surface area (Å²) in [5.74, 6) is 1.37. The minimum atomic E-state index is 0.119. The molecule has 3 rings (SSSR count). The number of aromatic nitrogens is 3. The smallest absolute Gasteiger partial charge is 0.232 e. The van der Waals surface area contributed by atoms with Gasteiger partial charge in [0.1, 0.15) is 18.0 Å². The third-order valence-corrected chi connectivity index (χ3v) is 4.20. The molecule has 1 aliphatic heterocycles. The van der Waals surface area contributed by atoms with E-state index in [0.717, 1.165) is 48.7 Å². The van der Waals surface area contributed by atoms with Gasteiger partial charge in [0.05, 0.1) is 17.5 Å². The van der Waals surface area contributed by atoms with Crippen molar-refractivity contribution in [3.63, 3.8) is 0 Å². The number of nitriles is 1. The Labute approximate surface area is 142 Å². The van der Waals surface area contributed by atoms with Crippen molar-refractivity contribution < 1.29 is 4.74 Å². The molecule has 0 aliphatic carbocycles. The number of nitrogens with zero attached hydrogens (tertiary/aromatic N) is 5. The van der Waals surface area contributed by atoms with Gasteiger partial charge in [0.2, 0.25) is 5.88 Å². The van der Waals surface area contributed by atoms with Crippen LogP contribution in [0.4, 0.5) is 5.82 Å². The summed E-state index contributed by atoms with van der Waals surface area (Å²) in [5, 5.41) is 9.44. The highest BCUT2D eigenvalue weighted by atomic mass is 16.5. The molecule has 0 atom stereocenters. The standard InChI is InChI=1S/C18H21N5O/c1-12-8-13(2)22-18(16(12)9-19)23-6-4-15(5-7-23)24-17-11-20-10-14(3)21-17/h8,10-11,15H,4-7H2,1-3H3. The lowest BCUT2D eigenvalue weighted by molar-refractivity contribution is 0.163. The minimum absolute atomic E-state index is 0.119. The van der Waals surface area contributed by atoms with Crippen molar-refractivity contribution in [3.05, 3.63) is 41.0 Å². The van der Waals surface area contributed by atoms with Crippen molar-refractivity contribution in [1.82, 2.24) is 15.0 Å². The van der Waals surface area contributed by atoms with Crippen LogP contribution in [-0.2, 0) is 0 Å². The third-order valence-electron chi connectivity index (χ3n) is 4.20. The Balaban J connectivity index is 1.69. The van der Waals surface area contributed by atoms with Gasteiger partial charge in [-0.3, -0.25) is 4.98 Å². The van der Waals surface area contributed by atoms with Gasteiger partial charge >= 0.3 is 0 Å². The molecule has 0 radical (unpaired) electrons. The van der Waals surface area contributed by atoms with Gasteiger partial charge in [-0.2, -0.15) is 5.26 Å². The Kier molecular flexibility index (Phi) is 4.61. The number of anilines is 1. The minimum Gasteiger partial charge on any atom is -0.473 e. The summed E-state index contributed by atoms with van der Waals surface area (Å²) in [4.78, 5) is 15.2. The van der Waals surface area contributed by atoms with E-state index >= 15 is 0 Å². The summed E-state index contributed by atoms with van der Waals surface area (Å²) in [5.41, 5.74) is 3.44. The van der Waals surface area contributed by atoms with Gasteiger partial charge in [-0.15, -0.1) is 0 Å². The van der Waals surface area contributed by atoms with Crippen LogP contribution in [0.25, 0.3) is 0 Å². The number of piperidine rings is 1. The molecule has 6 nitrogen and oxygen atoms in total. The topological polar surface area (TPSA) is 74.9 Å². The van der Waals surface area contributed by atoms with E-state index in [0.29, 0.717) is 11.4 Å². The van der Waals surface area contributed by atoms with Gasteiger partial charge in [0.25, 0.3) is 0 Å². The van der Waals surface area contributed by atoms with E-state index in [1.807, 2.05) is 26.8 Å². The van der Waals surface area contributed by atoms with E-state index in [-0.39, 0.29) is 6.10 Å². The first-order valence-electron chi connectivity index (χ1n) is 8.15. The van der Waals surface area contributed by atoms with Crippen LogP contribution in [0.5, 0.6) is 5.88 Å². The number of pyridine rings is 1. The van der Waals surface area contributed by atoms with E-state index in [1.165, 1.54) is 0 Å². The molecule has 3 heterocycles. The van der Waals surface area contributed by atoms with Crippen molar-refractivity contribution in [3.8, 4) is 11.9 Å². The fourth-order valence-corrected chi connectivity index (χ4v) is 3.04. The molecule has 0 N–H and O–H groups in total. The summed E-state index contributed by atoms with van der Waals surface area (Å²) in [6.07, 6.45) is 5.22. The quantitative estimate of drug-likeness (QED) is 0.864. The summed E-state index contributed by atoms with van der Waals surface area (Å²) in [6.45, 7) is 7.45. The zero-order valence-corrected chi connectivity index (χ0v) is 14.3. The van der Waals surface area contributed by atoms with Crippen LogP contribution < -0.4 is 9.64 Å². The zero-order valence-electron chi connectivity index (χ0n) is 14.3. The van der Waals surface area contributed by atoms with Crippen molar-refractivity contribution >= 4 is 5.82 Å². The second-order valence-electron chi connectivity index (χ2n) is 6.19. The lowest BCUT2D eigenvalue weighted by atomic mass is 10.1. The molecule has 2 aromatic rings. The van der Waals surface area contributed by atoms with Crippen molar-refractivity contribution in [2.24, 2.45) is 0 Å². The van der Waals surface area contributed by atoms with Crippen LogP contribution in [0.3, 0.4) is 0 Å². The maximum absolute atomic E-state index is 9.44. The molecule has 0 bridgehead atoms. The molecule has 0 amide bonds. The van der Waals surface area contributed by atoms with Crippen molar-refractivity contribution in [2.45, 2.75) is 39.7 Å². The van der Waals surface area contributed by atoms with Gasteiger partial charge in [-0.05, 0) is 32.4 Å². The Morgan fingerprint density at radius 2 is 1.88 bits per heavy atom. The highest BCUT2D eigenvalue weighted by molar-refractivity contribution is 5.58. The predicted octanol–water partition coefficient (Wildman–Crippen LogP) is 2.72. The van der Waals surface area contributed by atoms with Crippen LogP contribution in [0.1, 0.15) is 35.4 Å².